The van der Waals surface area contributed by atoms with Gasteiger partial charge < -0.3 is 0 Å². The van der Waals surface area contributed by atoms with Crippen molar-refractivity contribution in [3.63, 3.8) is 0 Å². The molecular weight excluding hydrogens is 135 g/mol. The summed E-state index contributed by atoms with van der Waals surface area (Å²) in [5.74, 6) is 0. The standard InChI is InChI=1S/C8H11.K/c1-2-4-6-8-7-5-3-1;/h1-3H,4,6-8H2;/q-1;+1. The Kier molecular flexibility index (Phi) is 8.12. The minimum Gasteiger partial charge on any atom is -0.275 e. The van der Waals surface area contributed by atoms with Crippen molar-refractivity contribution in [2.45, 2.75) is 25.7 Å². The third kappa shape index (κ3) is 5.56. The maximum absolute atomic E-state index is 3.18. The van der Waals surface area contributed by atoms with Crippen LogP contribution in [-0.4, -0.2) is 0 Å². The smallest absolute Gasteiger partial charge is 0.275 e. The van der Waals surface area contributed by atoms with Gasteiger partial charge in [-0.2, -0.15) is 6.08 Å². The second-order valence-electron chi connectivity index (χ2n) is 2.04. The van der Waals surface area contributed by atoms with Crippen LogP contribution in [0.4, 0.5) is 0 Å². The van der Waals surface area contributed by atoms with Crippen molar-refractivity contribution < 1.29 is 51.4 Å². The second kappa shape index (κ2) is 7.23. The van der Waals surface area contributed by atoms with Crippen LogP contribution in [-0.2, 0) is 0 Å². The zero-order chi connectivity index (χ0) is 5.66. The van der Waals surface area contributed by atoms with E-state index < -0.39 is 0 Å². The van der Waals surface area contributed by atoms with E-state index in [2.05, 4.69) is 18.2 Å². The first kappa shape index (κ1) is 10.1. The van der Waals surface area contributed by atoms with Crippen molar-refractivity contribution in [2.75, 3.05) is 0 Å². The molecule has 1 aliphatic carbocycles. The van der Waals surface area contributed by atoms with Crippen LogP contribution < -0.4 is 51.4 Å². The van der Waals surface area contributed by atoms with E-state index in [1.165, 1.54) is 19.3 Å². The van der Waals surface area contributed by atoms with Gasteiger partial charge in [-0.05, 0) is 0 Å². The minimum atomic E-state index is 0. The van der Waals surface area contributed by atoms with Gasteiger partial charge in [0.05, 0.1) is 0 Å². The van der Waals surface area contributed by atoms with Crippen LogP contribution >= 0.6 is 0 Å². The molecule has 0 heterocycles. The summed E-state index contributed by atoms with van der Waals surface area (Å²) in [6.45, 7) is 0. The normalized spacial score (nSPS) is 17.8. The molecule has 1 aliphatic rings. The number of hydrogen-bond acceptors (Lipinski definition) is 0. The number of allylic oxidation sites excluding steroid dienone is 4. The van der Waals surface area contributed by atoms with Gasteiger partial charge in [-0.25, -0.2) is 12.2 Å². The van der Waals surface area contributed by atoms with Crippen molar-refractivity contribution in [3.8, 4) is 0 Å². The topological polar surface area (TPSA) is 0 Å². The average molecular weight is 146 g/mol. The molecule has 0 amide bonds. The van der Waals surface area contributed by atoms with E-state index in [-0.39, 0.29) is 51.4 Å². The monoisotopic (exact) mass is 146 g/mol. The summed E-state index contributed by atoms with van der Waals surface area (Å²) in [6, 6.07) is 0. The number of hydrogen-bond donors (Lipinski definition) is 0. The molecule has 0 atom stereocenters. The van der Waals surface area contributed by atoms with Crippen LogP contribution in [0, 0.1) is 6.08 Å². The summed E-state index contributed by atoms with van der Waals surface area (Å²) >= 11 is 0. The molecule has 0 fully saturated rings. The molecule has 0 radical (unpaired) electrons. The molecule has 0 saturated carbocycles. The van der Waals surface area contributed by atoms with Gasteiger partial charge >= 0.3 is 51.4 Å². The molecule has 0 aromatic rings. The van der Waals surface area contributed by atoms with E-state index in [0.29, 0.717) is 0 Å². The predicted molar refractivity (Wildman–Crippen MR) is 35.4 cm³/mol. The molecule has 0 unspecified atom stereocenters. The zero-order valence-corrected chi connectivity index (χ0v) is 9.18. The van der Waals surface area contributed by atoms with Crippen LogP contribution in [0.2, 0.25) is 0 Å². The number of rotatable bonds is 0. The summed E-state index contributed by atoms with van der Waals surface area (Å²) in [6.07, 6.45) is 14.5. The van der Waals surface area contributed by atoms with Crippen molar-refractivity contribution in [3.05, 3.63) is 24.3 Å². The summed E-state index contributed by atoms with van der Waals surface area (Å²) in [7, 11) is 0. The molecule has 9 heavy (non-hydrogen) atoms. The van der Waals surface area contributed by atoms with Gasteiger partial charge in [-0.3, -0.25) is 6.08 Å². The Labute approximate surface area is 99.8 Å². The summed E-state index contributed by atoms with van der Waals surface area (Å²) in [4.78, 5) is 0. The van der Waals surface area contributed by atoms with Crippen LogP contribution in [0.5, 0.6) is 0 Å². The fourth-order valence-electron chi connectivity index (χ4n) is 0.805. The van der Waals surface area contributed by atoms with Gasteiger partial charge in [0.25, 0.3) is 0 Å². The Balaban J connectivity index is 0.000000640. The van der Waals surface area contributed by atoms with Gasteiger partial charge in [0.2, 0.25) is 0 Å². The second-order valence-corrected chi connectivity index (χ2v) is 2.04. The molecule has 0 saturated heterocycles. The van der Waals surface area contributed by atoms with E-state index in [4.69, 9.17) is 0 Å². The maximum Gasteiger partial charge on any atom is 1.00 e. The molecule has 44 valence electrons. The molecule has 0 aromatic carbocycles. The largest absolute Gasteiger partial charge is 1.00 e. The Morgan fingerprint density at radius 1 is 1.22 bits per heavy atom. The average Bonchev–Trinajstić information content (AvgIpc) is 1.62. The van der Waals surface area contributed by atoms with Crippen molar-refractivity contribution in [1.29, 1.82) is 0 Å². The van der Waals surface area contributed by atoms with Crippen molar-refractivity contribution >= 4 is 0 Å². The fraction of sp³-hybridized carbons (Fsp3) is 0.500. The van der Waals surface area contributed by atoms with Crippen LogP contribution in [0.1, 0.15) is 25.7 Å². The van der Waals surface area contributed by atoms with E-state index in [0.717, 1.165) is 6.42 Å². The SMILES string of the molecule is [C-]1=CC=CCCCC1.[K+]. The van der Waals surface area contributed by atoms with Gasteiger partial charge in [0.1, 0.15) is 0 Å². The van der Waals surface area contributed by atoms with Crippen LogP contribution in [0.15, 0.2) is 18.2 Å². The van der Waals surface area contributed by atoms with Crippen LogP contribution in [0.25, 0.3) is 0 Å². The van der Waals surface area contributed by atoms with E-state index in [1.807, 2.05) is 6.08 Å². The Morgan fingerprint density at radius 3 is 3.00 bits per heavy atom. The molecule has 0 spiro atoms. The van der Waals surface area contributed by atoms with Crippen molar-refractivity contribution in [1.82, 2.24) is 0 Å². The molecule has 0 N–H and O–H groups in total. The summed E-state index contributed by atoms with van der Waals surface area (Å²) in [5, 5.41) is 0. The first-order valence-corrected chi connectivity index (χ1v) is 3.22. The third-order valence-electron chi connectivity index (χ3n) is 1.29. The fourth-order valence-corrected chi connectivity index (χ4v) is 0.805. The molecule has 0 aromatic heterocycles. The molecule has 1 rings (SSSR count). The Morgan fingerprint density at radius 2 is 2.11 bits per heavy atom. The molecule has 0 bridgehead atoms. The maximum atomic E-state index is 3.18. The Bertz CT molecular complexity index is 89.1. The molecule has 0 aliphatic heterocycles. The molecule has 0 nitrogen and oxygen atoms in total. The van der Waals surface area contributed by atoms with Crippen LogP contribution in [0.3, 0.4) is 0 Å². The van der Waals surface area contributed by atoms with Gasteiger partial charge in [0.15, 0.2) is 0 Å². The van der Waals surface area contributed by atoms with E-state index >= 15 is 0 Å². The minimum absolute atomic E-state index is 0. The zero-order valence-electron chi connectivity index (χ0n) is 6.06. The first-order chi connectivity index (χ1) is 4.00. The van der Waals surface area contributed by atoms with E-state index in [9.17, 15) is 0 Å². The summed E-state index contributed by atoms with van der Waals surface area (Å²) < 4.78 is 0. The molecule has 1 heteroatoms. The van der Waals surface area contributed by atoms with E-state index in [1.54, 1.807) is 0 Å². The van der Waals surface area contributed by atoms with Gasteiger partial charge in [-0.15, -0.1) is 6.42 Å². The van der Waals surface area contributed by atoms with Gasteiger partial charge in [-0.1, -0.05) is 19.3 Å². The first-order valence-electron chi connectivity index (χ1n) is 3.22. The third-order valence-corrected chi connectivity index (χ3v) is 1.29. The molecular formula is C8H11K. The quantitative estimate of drug-likeness (QED) is 0.319. The predicted octanol–water partition coefficient (Wildman–Crippen LogP) is -0.520. The van der Waals surface area contributed by atoms with Crippen molar-refractivity contribution in [2.24, 2.45) is 0 Å². The van der Waals surface area contributed by atoms with Gasteiger partial charge in [0, 0.05) is 0 Å². The summed E-state index contributed by atoms with van der Waals surface area (Å²) in [5.41, 5.74) is 0. The Hall–Kier alpha value is 1.12.